The lowest BCUT2D eigenvalue weighted by molar-refractivity contribution is 0.185. The van der Waals surface area contributed by atoms with Crippen LogP contribution in [0.2, 0.25) is 10.0 Å². The van der Waals surface area contributed by atoms with Crippen LogP contribution in [0.15, 0.2) is 12.1 Å². The summed E-state index contributed by atoms with van der Waals surface area (Å²) in [6, 6.07) is 3.03. The second-order valence-electron chi connectivity index (χ2n) is 4.25. The lowest BCUT2D eigenvalue weighted by Crippen LogP contribution is -2.44. The first-order chi connectivity index (χ1) is 8.09. The van der Waals surface area contributed by atoms with Crippen molar-refractivity contribution in [3.8, 4) is 0 Å². The van der Waals surface area contributed by atoms with Gasteiger partial charge in [-0.15, -0.1) is 0 Å². The van der Waals surface area contributed by atoms with Gasteiger partial charge in [-0.25, -0.2) is 4.39 Å². The van der Waals surface area contributed by atoms with Crippen molar-refractivity contribution in [1.29, 1.82) is 0 Å². The normalized spacial score (nSPS) is 19.3. The third kappa shape index (κ3) is 2.91. The summed E-state index contributed by atoms with van der Waals surface area (Å²) >= 11 is 11.8. The highest BCUT2D eigenvalue weighted by Gasteiger charge is 2.21. The Hall–Kier alpha value is -0.350. The van der Waals surface area contributed by atoms with Crippen molar-refractivity contribution >= 4 is 23.2 Å². The summed E-state index contributed by atoms with van der Waals surface area (Å²) in [4.78, 5) is 2.28. The largest absolute Gasteiger partial charge is 0.314 e. The van der Waals surface area contributed by atoms with E-state index in [1.54, 1.807) is 0 Å². The van der Waals surface area contributed by atoms with Gasteiger partial charge >= 0.3 is 0 Å². The highest BCUT2D eigenvalue weighted by molar-refractivity contribution is 6.35. The zero-order chi connectivity index (χ0) is 12.4. The molecule has 1 atom stereocenters. The summed E-state index contributed by atoms with van der Waals surface area (Å²) in [6.07, 6.45) is 0. The number of nitrogens with one attached hydrogen (secondary N) is 1. The Morgan fingerprint density at radius 3 is 2.53 bits per heavy atom. The molecule has 0 aromatic heterocycles. The predicted octanol–water partition coefficient (Wildman–Crippen LogP) is 3.10. The molecule has 1 heterocycles. The molecule has 94 valence electrons. The fourth-order valence-electron chi connectivity index (χ4n) is 2.12. The van der Waals surface area contributed by atoms with Crippen molar-refractivity contribution in [2.75, 3.05) is 26.2 Å². The quantitative estimate of drug-likeness (QED) is 0.836. The van der Waals surface area contributed by atoms with Crippen molar-refractivity contribution in [3.05, 3.63) is 33.6 Å². The molecule has 0 spiro atoms. The second-order valence-corrected chi connectivity index (χ2v) is 5.06. The maximum absolute atomic E-state index is 13.5. The van der Waals surface area contributed by atoms with Gasteiger partial charge in [-0.3, -0.25) is 4.90 Å². The first-order valence-electron chi connectivity index (χ1n) is 5.69. The van der Waals surface area contributed by atoms with Crippen LogP contribution in [0.3, 0.4) is 0 Å². The summed E-state index contributed by atoms with van der Waals surface area (Å²) in [5, 5.41) is 3.89. The van der Waals surface area contributed by atoms with Crippen LogP contribution in [0.25, 0.3) is 0 Å². The summed E-state index contributed by atoms with van der Waals surface area (Å²) < 4.78 is 13.5. The molecule has 2 nitrogen and oxygen atoms in total. The van der Waals surface area contributed by atoms with E-state index in [9.17, 15) is 4.39 Å². The molecule has 0 bridgehead atoms. The van der Waals surface area contributed by atoms with Gasteiger partial charge in [-0.1, -0.05) is 23.2 Å². The van der Waals surface area contributed by atoms with Gasteiger partial charge in [-0.2, -0.15) is 0 Å². The molecular weight excluding hydrogens is 262 g/mol. The molecule has 0 aliphatic carbocycles. The Kier molecular flexibility index (Phi) is 4.26. The molecule has 1 N–H and O–H groups in total. The van der Waals surface area contributed by atoms with Gasteiger partial charge in [0.2, 0.25) is 0 Å². The summed E-state index contributed by atoms with van der Waals surface area (Å²) in [7, 11) is 0. The Labute approximate surface area is 111 Å². The Balaban J connectivity index is 2.23. The Bertz CT molecular complexity index is 406. The molecule has 1 saturated heterocycles. The van der Waals surface area contributed by atoms with E-state index in [4.69, 9.17) is 23.2 Å². The van der Waals surface area contributed by atoms with Crippen molar-refractivity contribution in [3.63, 3.8) is 0 Å². The molecule has 5 heteroatoms. The maximum atomic E-state index is 13.5. The van der Waals surface area contributed by atoms with Crippen LogP contribution >= 0.6 is 23.2 Å². The lowest BCUT2D eigenvalue weighted by Gasteiger charge is -2.33. The summed E-state index contributed by atoms with van der Waals surface area (Å²) in [5.74, 6) is -0.409. The molecule has 1 aromatic rings. The van der Waals surface area contributed by atoms with E-state index in [0.29, 0.717) is 5.02 Å². The minimum atomic E-state index is -0.409. The maximum Gasteiger partial charge on any atom is 0.142 e. The first kappa shape index (κ1) is 13.1. The fourth-order valence-corrected chi connectivity index (χ4v) is 2.67. The number of piperazine rings is 1. The average molecular weight is 277 g/mol. The lowest BCUT2D eigenvalue weighted by atomic mass is 10.1. The summed E-state index contributed by atoms with van der Waals surface area (Å²) in [5.41, 5.74) is 0.801. The summed E-state index contributed by atoms with van der Waals surface area (Å²) in [6.45, 7) is 5.85. The van der Waals surface area contributed by atoms with Gasteiger partial charge in [0.05, 0.1) is 5.02 Å². The van der Waals surface area contributed by atoms with Crippen molar-refractivity contribution in [2.24, 2.45) is 0 Å². The minimum absolute atomic E-state index is 0.0752. The second kappa shape index (κ2) is 5.53. The van der Waals surface area contributed by atoms with E-state index in [1.165, 1.54) is 12.1 Å². The average Bonchev–Trinajstić information content (AvgIpc) is 2.34. The van der Waals surface area contributed by atoms with E-state index < -0.39 is 5.82 Å². The highest BCUT2D eigenvalue weighted by atomic mass is 35.5. The predicted molar refractivity (Wildman–Crippen MR) is 69.3 cm³/mol. The van der Waals surface area contributed by atoms with Crippen molar-refractivity contribution in [1.82, 2.24) is 10.2 Å². The van der Waals surface area contributed by atoms with Crippen LogP contribution < -0.4 is 5.32 Å². The van der Waals surface area contributed by atoms with Crippen LogP contribution in [-0.4, -0.2) is 31.1 Å². The molecule has 2 rings (SSSR count). The van der Waals surface area contributed by atoms with Gasteiger partial charge in [0.1, 0.15) is 5.82 Å². The number of benzene rings is 1. The molecule has 0 radical (unpaired) electrons. The Morgan fingerprint density at radius 2 is 1.88 bits per heavy atom. The van der Waals surface area contributed by atoms with Crippen molar-refractivity contribution in [2.45, 2.75) is 13.0 Å². The van der Waals surface area contributed by atoms with E-state index in [2.05, 4.69) is 10.2 Å². The van der Waals surface area contributed by atoms with Crippen LogP contribution in [0, 0.1) is 5.82 Å². The minimum Gasteiger partial charge on any atom is -0.314 e. The monoisotopic (exact) mass is 276 g/mol. The zero-order valence-electron chi connectivity index (χ0n) is 9.64. The molecular formula is C12H15Cl2FN2. The molecule has 17 heavy (non-hydrogen) atoms. The molecule has 0 amide bonds. The van der Waals surface area contributed by atoms with Crippen LogP contribution in [-0.2, 0) is 0 Å². The number of hydrogen-bond donors (Lipinski definition) is 1. The number of rotatable bonds is 2. The van der Waals surface area contributed by atoms with Gasteiger partial charge in [-0.05, 0) is 24.6 Å². The topological polar surface area (TPSA) is 15.3 Å². The SMILES string of the molecule is CC(c1cc(F)c(Cl)cc1Cl)N1CCNCC1. The Morgan fingerprint density at radius 1 is 1.24 bits per heavy atom. The third-order valence-corrected chi connectivity index (χ3v) is 3.81. The smallest absolute Gasteiger partial charge is 0.142 e. The number of halogens is 3. The van der Waals surface area contributed by atoms with Crippen LogP contribution in [0.1, 0.15) is 18.5 Å². The van der Waals surface area contributed by atoms with Gasteiger partial charge in [0.25, 0.3) is 0 Å². The van der Waals surface area contributed by atoms with E-state index in [0.717, 1.165) is 31.7 Å². The molecule has 1 fully saturated rings. The standard InChI is InChI=1S/C12H15Cl2FN2/c1-8(17-4-2-16-3-5-17)9-6-12(15)11(14)7-10(9)13/h6-8,16H,2-5H2,1H3. The highest BCUT2D eigenvalue weighted by Crippen LogP contribution is 2.31. The third-order valence-electron chi connectivity index (χ3n) is 3.19. The number of hydrogen-bond acceptors (Lipinski definition) is 2. The molecule has 1 aliphatic heterocycles. The van der Waals surface area contributed by atoms with E-state index in [-0.39, 0.29) is 11.1 Å². The van der Waals surface area contributed by atoms with E-state index >= 15 is 0 Å². The molecule has 1 unspecified atom stereocenters. The van der Waals surface area contributed by atoms with Crippen molar-refractivity contribution < 1.29 is 4.39 Å². The van der Waals surface area contributed by atoms with Crippen LogP contribution in [0.4, 0.5) is 4.39 Å². The number of nitrogens with zero attached hydrogens (tertiary/aromatic N) is 1. The molecule has 1 aliphatic rings. The van der Waals surface area contributed by atoms with Gasteiger partial charge < -0.3 is 5.32 Å². The fraction of sp³-hybridized carbons (Fsp3) is 0.500. The van der Waals surface area contributed by atoms with Gasteiger partial charge in [0, 0.05) is 37.2 Å². The molecule has 0 saturated carbocycles. The first-order valence-corrected chi connectivity index (χ1v) is 6.44. The zero-order valence-corrected chi connectivity index (χ0v) is 11.2. The van der Waals surface area contributed by atoms with Gasteiger partial charge in [0.15, 0.2) is 0 Å². The van der Waals surface area contributed by atoms with Crippen LogP contribution in [0.5, 0.6) is 0 Å². The van der Waals surface area contributed by atoms with E-state index in [1.807, 2.05) is 6.92 Å². The molecule has 1 aromatic carbocycles.